The number of nitrogens with zero attached hydrogens (tertiary/aromatic N) is 1. The van der Waals surface area contributed by atoms with Crippen LogP contribution in [0.3, 0.4) is 0 Å². The maximum atomic E-state index is 11.6. The Bertz CT molecular complexity index is 696. The first-order valence-corrected chi connectivity index (χ1v) is 7.47. The molecule has 0 unspecified atom stereocenters. The topological polar surface area (TPSA) is 73.1 Å². The van der Waals surface area contributed by atoms with E-state index in [-0.39, 0.29) is 12.5 Å². The van der Waals surface area contributed by atoms with Crippen molar-refractivity contribution in [2.75, 3.05) is 13.7 Å². The molecule has 0 saturated heterocycles. The number of hydrogen-bond acceptors (Lipinski definition) is 5. The highest BCUT2D eigenvalue weighted by Gasteiger charge is 2.06. The minimum Gasteiger partial charge on any atom is -0.497 e. The minimum atomic E-state index is -0.365. The van der Waals surface area contributed by atoms with Crippen LogP contribution in [0.15, 0.2) is 56.7 Å². The number of nitrogens with one attached hydrogen (secondary N) is 1. The zero-order chi connectivity index (χ0) is 16.5. The first-order chi connectivity index (χ1) is 11.2. The second-order valence-corrected chi connectivity index (χ2v) is 5.13. The Morgan fingerprint density at radius 1 is 1.43 bits per heavy atom. The lowest BCUT2D eigenvalue weighted by Gasteiger charge is -2.08. The molecule has 0 spiro atoms. The van der Waals surface area contributed by atoms with Crippen molar-refractivity contribution < 1.29 is 18.7 Å². The number of halogens is 1. The van der Waals surface area contributed by atoms with Crippen LogP contribution >= 0.6 is 15.9 Å². The third-order valence-electron chi connectivity index (χ3n) is 2.65. The van der Waals surface area contributed by atoms with Crippen LogP contribution in [0.5, 0.6) is 11.5 Å². The molecule has 0 aliphatic rings. The van der Waals surface area contributed by atoms with Crippen molar-refractivity contribution in [2.45, 2.75) is 0 Å². The predicted molar refractivity (Wildman–Crippen MR) is 90.6 cm³/mol. The minimum absolute atomic E-state index is 0.149. The van der Waals surface area contributed by atoms with E-state index < -0.39 is 0 Å². The Morgan fingerprint density at radius 3 is 3.00 bits per heavy atom. The summed E-state index contributed by atoms with van der Waals surface area (Å²) >= 11 is 3.35. The molecule has 1 N–H and O–H groups in total. The van der Waals surface area contributed by atoms with Crippen molar-refractivity contribution in [3.05, 3.63) is 52.9 Å². The van der Waals surface area contributed by atoms with Gasteiger partial charge in [0.2, 0.25) is 0 Å². The van der Waals surface area contributed by atoms with E-state index in [0.717, 1.165) is 0 Å². The van der Waals surface area contributed by atoms with Crippen LogP contribution in [-0.2, 0) is 4.79 Å². The fraction of sp³-hybridized carbons (Fsp3) is 0.125. The maximum absolute atomic E-state index is 11.6. The molecule has 2 aromatic rings. The average Bonchev–Trinajstić information content (AvgIpc) is 3.06. The lowest BCUT2D eigenvalue weighted by molar-refractivity contribution is -0.123. The number of hydrazone groups is 1. The molecule has 7 heteroatoms. The molecule has 0 atom stereocenters. The van der Waals surface area contributed by atoms with Crippen molar-refractivity contribution in [1.82, 2.24) is 5.43 Å². The second-order valence-electron chi connectivity index (χ2n) is 4.27. The lowest BCUT2D eigenvalue weighted by Crippen LogP contribution is -2.24. The van der Waals surface area contributed by atoms with Gasteiger partial charge in [0.05, 0.1) is 17.8 Å². The fourth-order valence-electron chi connectivity index (χ4n) is 1.58. The zero-order valence-electron chi connectivity index (χ0n) is 12.4. The van der Waals surface area contributed by atoms with E-state index in [0.29, 0.717) is 21.7 Å². The summed E-state index contributed by atoms with van der Waals surface area (Å²) in [6, 6.07) is 8.81. The number of ether oxygens (including phenoxy) is 2. The molecule has 2 rings (SSSR count). The zero-order valence-corrected chi connectivity index (χ0v) is 13.9. The molecule has 0 aliphatic heterocycles. The van der Waals surface area contributed by atoms with Crippen molar-refractivity contribution in [1.29, 1.82) is 0 Å². The standard InChI is InChI=1S/C16H15BrN2O4/c1-21-13-6-7-15(14(17)10-13)23-11-16(20)19-18-8-2-4-12-5-3-9-22-12/h2-10H,11H2,1H3,(H,19,20). The number of rotatable bonds is 7. The van der Waals surface area contributed by atoms with E-state index in [1.54, 1.807) is 49.8 Å². The van der Waals surface area contributed by atoms with E-state index in [4.69, 9.17) is 13.9 Å². The first kappa shape index (κ1) is 16.8. The van der Waals surface area contributed by atoms with E-state index >= 15 is 0 Å². The molecule has 0 saturated carbocycles. The van der Waals surface area contributed by atoms with Crippen molar-refractivity contribution in [3.8, 4) is 11.5 Å². The maximum Gasteiger partial charge on any atom is 0.277 e. The Labute approximate surface area is 141 Å². The fourth-order valence-corrected chi connectivity index (χ4v) is 2.05. The van der Waals surface area contributed by atoms with Crippen LogP contribution in [0.25, 0.3) is 6.08 Å². The van der Waals surface area contributed by atoms with Gasteiger partial charge in [0, 0.05) is 6.21 Å². The largest absolute Gasteiger partial charge is 0.497 e. The molecule has 1 amide bonds. The lowest BCUT2D eigenvalue weighted by atomic mass is 10.3. The van der Waals surface area contributed by atoms with Crippen LogP contribution in [-0.4, -0.2) is 25.8 Å². The molecule has 0 bridgehead atoms. The summed E-state index contributed by atoms with van der Waals surface area (Å²) in [7, 11) is 1.58. The Balaban J connectivity index is 1.74. The smallest absolute Gasteiger partial charge is 0.277 e. The van der Waals surface area contributed by atoms with E-state index in [1.165, 1.54) is 6.21 Å². The summed E-state index contributed by atoms with van der Waals surface area (Å²) in [5, 5.41) is 3.77. The van der Waals surface area contributed by atoms with Gasteiger partial charge in [-0.15, -0.1) is 0 Å². The number of carbonyl (C=O) groups excluding carboxylic acids is 1. The highest BCUT2D eigenvalue weighted by atomic mass is 79.9. The van der Waals surface area contributed by atoms with Crippen LogP contribution < -0.4 is 14.9 Å². The van der Waals surface area contributed by atoms with Gasteiger partial charge < -0.3 is 13.9 Å². The third kappa shape index (κ3) is 5.63. The van der Waals surface area contributed by atoms with Gasteiger partial charge in [-0.05, 0) is 58.4 Å². The summed E-state index contributed by atoms with van der Waals surface area (Å²) in [6.07, 6.45) is 6.40. The van der Waals surface area contributed by atoms with Crippen molar-refractivity contribution >= 4 is 34.1 Å². The monoisotopic (exact) mass is 378 g/mol. The van der Waals surface area contributed by atoms with Crippen molar-refractivity contribution in [3.63, 3.8) is 0 Å². The number of hydrogen-bond donors (Lipinski definition) is 1. The number of furan rings is 1. The molecule has 1 aromatic carbocycles. The summed E-state index contributed by atoms with van der Waals surface area (Å²) in [5.74, 6) is 1.58. The number of methoxy groups -OCH3 is 1. The molecule has 0 fully saturated rings. The molecule has 6 nitrogen and oxygen atoms in total. The summed E-state index contributed by atoms with van der Waals surface area (Å²) in [5.41, 5.74) is 2.36. The van der Waals surface area contributed by atoms with E-state index in [1.807, 2.05) is 6.07 Å². The summed E-state index contributed by atoms with van der Waals surface area (Å²) in [6.45, 7) is -0.149. The van der Waals surface area contributed by atoms with Gasteiger partial charge >= 0.3 is 0 Å². The predicted octanol–water partition coefficient (Wildman–Crippen LogP) is 3.24. The molecule has 0 aliphatic carbocycles. The Morgan fingerprint density at radius 2 is 2.30 bits per heavy atom. The van der Waals surface area contributed by atoms with Crippen LogP contribution in [0.2, 0.25) is 0 Å². The van der Waals surface area contributed by atoms with Gasteiger partial charge in [-0.3, -0.25) is 4.79 Å². The first-order valence-electron chi connectivity index (χ1n) is 6.67. The highest BCUT2D eigenvalue weighted by Crippen LogP contribution is 2.28. The van der Waals surface area contributed by atoms with Crippen LogP contribution in [0, 0.1) is 0 Å². The van der Waals surface area contributed by atoms with E-state index in [2.05, 4.69) is 26.5 Å². The van der Waals surface area contributed by atoms with Gasteiger partial charge in [0.25, 0.3) is 5.91 Å². The van der Waals surface area contributed by atoms with Crippen LogP contribution in [0.4, 0.5) is 0 Å². The molecular weight excluding hydrogens is 364 g/mol. The quantitative estimate of drug-likeness (QED) is 0.592. The SMILES string of the molecule is COc1ccc(OCC(=O)NN=CC=Cc2ccco2)c(Br)c1. The number of amides is 1. The molecular formula is C16H15BrN2O4. The number of benzene rings is 1. The van der Waals surface area contributed by atoms with Gasteiger partial charge in [0.15, 0.2) is 6.61 Å². The molecule has 0 radical (unpaired) electrons. The Hall–Kier alpha value is -2.54. The Kier molecular flexibility index (Phi) is 6.43. The molecule has 120 valence electrons. The molecule has 1 heterocycles. The van der Waals surface area contributed by atoms with E-state index in [9.17, 15) is 4.79 Å². The van der Waals surface area contributed by atoms with Crippen molar-refractivity contribution in [2.24, 2.45) is 5.10 Å². The molecule has 23 heavy (non-hydrogen) atoms. The van der Waals surface area contributed by atoms with Gasteiger partial charge in [-0.1, -0.05) is 0 Å². The average molecular weight is 379 g/mol. The summed E-state index contributed by atoms with van der Waals surface area (Å²) < 4.78 is 16.3. The summed E-state index contributed by atoms with van der Waals surface area (Å²) in [4.78, 5) is 11.6. The normalized spacial score (nSPS) is 11.0. The second kappa shape index (κ2) is 8.79. The van der Waals surface area contributed by atoms with Gasteiger partial charge in [-0.2, -0.15) is 5.10 Å². The number of allylic oxidation sites excluding steroid dienone is 1. The third-order valence-corrected chi connectivity index (χ3v) is 3.27. The highest BCUT2D eigenvalue weighted by molar-refractivity contribution is 9.10. The van der Waals surface area contributed by atoms with Gasteiger partial charge in [-0.25, -0.2) is 5.43 Å². The van der Waals surface area contributed by atoms with Gasteiger partial charge in [0.1, 0.15) is 17.3 Å². The molecule has 1 aromatic heterocycles. The number of carbonyl (C=O) groups is 1. The van der Waals surface area contributed by atoms with Crippen LogP contribution in [0.1, 0.15) is 5.76 Å².